The highest BCUT2D eigenvalue weighted by molar-refractivity contribution is 7.99. The number of piperazine rings is 1. The molecular weight excluding hydrogens is 424 g/mol. The van der Waals surface area contributed by atoms with E-state index in [1.54, 1.807) is 6.20 Å². The normalized spacial score (nSPS) is 25.2. The molecule has 32 heavy (non-hydrogen) atoms. The Morgan fingerprint density at radius 2 is 2.03 bits per heavy atom. The average molecular weight is 450 g/mol. The second-order valence-corrected chi connectivity index (χ2v) is 9.43. The van der Waals surface area contributed by atoms with Gasteiger partial charge in [-0.15, -0.1) is 16.8 Å². The van der Waals surface area contributed by atoms with Gasteiger partial charge in [0.25, 0.3) is 5.91 Å². The Bertz CT molecular complexity index is 1110. The highest BCUT2D eigenvalue weighted by Gasteiger charge is 2.48. The van der Waals surface area contributed by atoms with Crippen molar-refractivity contribution < 1.29 is 13.8 Å². The van der Waals surface area contributed by atoms with E-state index in [2.05, 4.69) is 44.3 Å². The van der Waals surface area contributed by atoms with Crippen molar-refractivity contribution in [3.8, 4) is 11.5 Å². The molecule has 2 aromatic heterocycles. The number of amides is 1. The molecule has 0 spiro atoms. The van der Waals surface area contributed by atoms with Gasteiger partial charge < -0.3 is 14.2 Å². The first-order valence-corrected chi connectivity index (χ1v) is 12.1. The number of allylic oxidation sites excluding steroid dienone is 3. The van der Waals surface area contributed by atoms with E-state index >= 15 is 0 Å². The standard InChI is InChI=1S/C23H25N6O2S/c30-23(27-11-13-32-17-27)18-14-19-4-3-12-29(19,15-18)28-9-7-26(8-10-28)22-21(31-16-25-22)20-5-1-2-6-24-20/h1-6,12,14,16H,7-11,13,15,17H2/q+1/t29-/m1/s1. The van der Waals surface area contributed by atoms with Gasteiger partial charge in [0.05, 0.1) is 24.5 Å². The second kappa shape index (κ2) is 7.91. The van der Waals surface area contributed by atoms with Gasteiger partial charge in [-0.2, -0.15) is 9.58 Å². The highest BCUT2D eigenvalue weighted by atomic mass is 32.2. The van der Waals surface area contributed by atoms with E-state index in [0.717, 1.165) is 61.4 Å². The van der Waals surface area contributed by atoms with Crippen LogP contribution in [-0.4, -0.2) is 81.3 Å². The summed E-state index contributed by atoms with van der Waals surface area (Å²) < 4.78 is 6.31. The molecule has 9 heteroatoms. The van der Waals surface area contributed by atoms with E-state index in [1.807, 2.05) is 34.9 Å². The van der Waals surface area contributed by atoms with Crippen molar-refractivity contribution in [1.29, 1.82) is 0 Å². The quantitative estimate of drug-likeness (QED) is 0.665. The summed E-state index contributed by atoms with van der Waals surface area (Å²) >= 11 is 1.83. The molecule has 0 radical (unpaired) electrons. The first-order valence-electron chi connectivity index (χ1n) is 11.0. The zero-order valence-electron chi connectivity index (χ0n) is 17.8. The number of rotatable bonds is 4. The van der Waals surface area contributed by atoms with Crippen LogP contribution in [0.3, 0.4) is 0 Å². The molecule has 0 saturated carbocycles. The number of carbonyl (C=O) groups excluding carboxylic acids is 1. The number of hydrogen-bond donors (Lipinski definition) is 0. The minimum absolute atomic E-state index is 0.192. The van der Waals surface area contributed by atoms with E-state index in [4.69, 9.17) is 4.42 Å². The van der Waals surface area contributed by atoms with Crippen LogP contribution in [0.2, 0.25) is 0 Å². The van der Waals surface area contributed by atoms with E-state index in [-0.39, 0.29) is 5.91 Å². The van der Waals surface area contributed by atoms with E-state index in [0.29, 0.717) is 16.9 Å². The monoisotopic (exact) mass is 449 g/mol. The summed E-state index contributed by atoms with van der Waals surface area (Å²) in [5.74, 6) is 3.59. The first-order chi connectivity index (χ1) is 15.7. The molecular formula is C23H25N6O2S+. The third-order valence-corrected chi connectivity index (χ3v) is 7.57. The maximum atomic E-state index is 13.0. The summed E-state index contributed by atoms with van der Waals surface area (Å²) in [5, 5.41) is 2.46. The van der Waals surface area contributed by atoms with Crippen LogP contribution in [0, 0.1) is 0 Å². The van der Waals surface area contributed by atoms with Crippen molar-refractivity contribution in [3.05, 3.63) is 66.5 Å². The van der Waals surface area contributed by atoms with Gasteiger partial charge in [-0.05, 0) is 18.2 Å². The van der Waals surface area contributed by atoms with E-state index in [9.17, 15) is 4.79 Å². The molecule has 4 aliphatic rings. The van der Waals surface area contributed by atoms with Crippen molar-refractivity contribution >= 4 is 23.5 Å². The van der Waals surface area contributed by atoms with Gasteiger partial charge in [0.2, 0.25) is 0 Å². The molecule has 0 unspecified atom stereocenters. The van der Waals surface area contributed by atoms with Crippen molar-refractivity contribution in [2.45, 2.75) is 0 Å². The fourth-order valence-corrected chi connectivity index (χ4v) is 5.90. The molecule has 2 aromatic rings. The molecule has 6 rings (SSSR count). The van der Waals surface area contributed by atoms with Crippen molar-refractivity contribution in [3.63, 3.8) is 0 Å². The topological polar surface area (TPSA) is 65.7 Å². The number of carbonyl (C=O) groups is 1. The molecule has 6 heterocycles. The van der Waals surface area contributed by atoms with Crippen molar-refractivity contribution in [2.75, 3.05) is 55.8 Å². The minimum atomic E-state index is 0.192. The fraction of sp³-hybridized carbons (Fsp3) is 0.348. The lowest BCUT2D eigenvalue weighted by Crippen LogP contribution is -2.60. The predicted octanol–water partition coefficient (Wildman–Crippen LogP) is 2.47. The lowest BCUT2D eigenvalue weighted by Gasteiger charge is -2.43. The minimum Gasteiger partial charge on any atom is -0.439 e. The Hall–Kier alpha value is -2.88. The van der Waals surface area contributed by atoms with Crippen LogP contribution < -0.4 is 4.90 Å². The molecule has 1 atom stereocenters. The van der Waals surface area contributed by atoms with Crippen LogP contribution in [0.5, 0.6) is 0 Å². The van der Waals surface area contributed by atoms with Crippen LogP contribution >= 0.6 is 11.8 Å². The Labute approximate surface area is 191 Å². The van der Waals surface area contributed by atoms with Crippen LogP contribution in [-0.2, 0) is 4.79 Å². The molecule has 1 amide bonds. The third kappa shape index (κ3) is 3.19. The summed E-state index contributed by atoms with van der Waals surface area (Å²) in [7, 11) is 0. The molecule has 2 fully saturated rings. The number of quaternary nitrogens is 1. The molecule has 164 valence electrons. The maximum Gasteiger partial charge on any atom is 0.256 e. The van der Waals surface area contributed by atoms with Gasteiger partial charge in [0.15, 0.2) is 23.7 Å². The van der Waals surface area contributed by atoms with E-state index < -0.39 is 0 Å². The van der Waals surface area contributed by atoms with Gasteiger partial charge in [0.1, 0.15) is 18.4 Å². The molecule has 8 nitrogen and oxygen atoms in total. The Kier molecular flexibility index (Phi) is 4.89. The molecule has 0 aromatic carbocycles. The number of aromatic nitrogens is 2. The smallest absolute Gasteiger partial charge is 0.256 e. The van der Waals surface area contributed by atoms with E-state index in [1.165, 1.54) is 12.1 Å². The largest absolute Gasteiger partial charge is 0.439 e. The van der Waals surface area contributed by atoms with Crippen molar-refractivity contribution in [2.24, 2.45) is 0 Å². The number of fused-ring (bicyclic) bond motifs is 1. The van der Waals surface area contributed by atoms with Gasteiger partial charge in [-0.3, -0.25) is 9.78 Å². The third-order valence-electron chi connectivity index (χ3n) is 6.60. The number of nitrogens with zero attached hydrogens (tertiary/aromatic N) is 6. The number of hydrogen-bond acceptors (Lipinski definition) is 7. The predicted molar refractivity (Wildman–Crippen MR) is 123 cm³/mol. The summed E-state index contributed by atoms with van der Waals surface area (Å²) in [6, 6.07) is 5.79. The van der Waals surface area contributed by atoms with Crippen LogP contribution in [0.25, 0.3) is 11.5 Å². The average Bonchev–Trinajstić information content (AvgIpc) is 3.63. The number of oxazole rings is 1. The van der Waals surface area contributed by atoms with Gasteiger partial charge in [-0.1, -0.05) is 6.07 Å². The van der Waals surface area contributed by atoms with Crippen LogP contribution in [0.15, 0.2) is 70.9 Å². The molecule has 2 saturated heterocycles. The number of thioether (sulfide) groups is 1. The lowest BCUT2D eigenvalue weighted by molar-refractivity contribution is -0.948. The Balaban J connectivity index is 1.17. The van der Waals surface area contributed by atoms with Gasteiger partial charge in [-0.25, -0.2) is 0 Å². The summed E-state index contributed by atoms with van der Waals surface area (Å²) in [6.45, 7) is 4.95. The second-order valence-electron chi connectivity index (χ2n) is 8.35. The summed E-state index contributed by atoms with van der Waals surface area (Å²) in [6.07, 6.45) is 11.8. The molecule has 4 aliphatic heterocycles. The Morgan fingerprint density at radius 3 is 2.81 bits per heavy atom. The molecule has 0 N–H and O–H groups in total. The maximum absolute atomic E-state index is 13.0. The fourth-order valence-electron chi connectivity index (χ4n) is 4.95. The first kappa shape index (κ1) is 19.8. The zero-order valence-corrected chi connectivity index (χ0v) is 18.6. The van der Waals surface area contributed by atoms with Gasteiger partial charge >= 0.3 is 0 Å². The van der Waals surface area contributed by atoms with Crippen LogP contribution in [0.4, 0.5) is 5.82 Å². The number of pyridine rings is 1. The lowest BCUT2D eigenvalue weighted by atomic mass is 10.2. The molecule has 0 aliphatic carbocycles. The zero-order chi connectivity index (χ0) is 21.5. The summed E-state index contributed by atoms with van der Waals surface area (Å²) in [4.78, 5) is 26.2. The molecule has 0 bridgehead atoms. The SMILES string of the molecule is O=C(C1=CC2=CC=C[N@@+]2(N2CCN(c3ncoc3-c3ccccn3)CC2)C1)N1CCSC1. The van der Waals surface area contributed by atoms with Crippen molar-refractivity contribution in [1.82, 2.24) is 19.9 Å². The summed E-state index contributed by atoms with van der Waals surface area (Å²) in [5.41, 5.74) is 2.90. The van der Waals surface area contributed by atoms with Crippen LogP contribution in [0.1, 0.15) is 0 Å². The van der Waals surface area contributed by atoms with Gasteiger partial charge in [0, 0.05) is 43.7 Å². The Morgan fingerprint density at radius 1 is 1.12 bits per heavy atom. The highest BCUT2D eigenvalue weighted by Crippen LogP contribution is 2.38. The number of anilines is 1.